The van der Waals surface area contributed by atoms with Crippen LogP contribution in [0.5, 0.6) is 0 Å². The third kappa shape index (κ3) is 4.16. The smallest absolute Gasteiger partial charge is 0.317 e. The van der Waals surface area contributed by atoms with Gasteiger partial charge in [-0.2, -0.15) is 0 Å². The molecular formula is C16H22F2N2O2. The lowest BCUT2D eigenvalue weighted by Crippen LogP contribution is -2.46. The molecule has 1 fully saturated rings. The van der Waals surface area contributed by atoms with Gasteiger partial charge >= 0.3 is 6.03 Å². The molecule has 0 aliphatic carbocycles. The second-order valence-corrected chi connectivity index (χ2v) is 5.89. The average Bonchev–Trinajstić information content (AvgIpc) is 2.52. The maximum absolute atomic E-state index is 13.7. The summed E-state index contributed by atoms with van der Waals surface area (Å²) in [5, 5.41) is 12.0. The fraction of sp³-hybridized carbons (Fsp3) is 0.562. The number of rotatable bonds is 4. The van der Waals surface area contributed by atoms with Gasteiger partial charge in [-0.1, -0.05) is 13.0 Å². The molecule has 0 radical (unpaired) electrons. The molecule has 0 aromatic heterocycles. The Labute approximate surface area is 129 Å². The van der Waals surface area contributed by atoms with Gasteiger partial charge in [0.2, 0.25) is 0 Å². The molecule has 0 bridgehead atoms. The number of amides is 2. The number of carbonyl (C=O) groups is 1. The summed E-state index contributed by atoms with van der Waals surface area (Å²) in [5.74, 6) is -1.32. The quantitative estimate of drug-likeness (QED) is 0.897. The van der Waals surface area contributed by atoms with E-state index in [1.165, 1.54) is 12.1 Å². The zero-order valence-corrected chi connectivity index (χ0v) is 12.7. The third-order valence-corrected chi connectivity index (χ3v) is 4.12. The van der Waals surface area contributed by atoms with E-state index in [9.17, 15) is 18.7 Å². The van der Waals surface area contributed by atoms with Crippen LogP contribution in [0.1, 0.15) is 31.2 Å². The number of nitrogens with one attached hydrogen (secondary N) is 1. The van der Waals surface area contributed by atoms with Crippen LogP contribution in [0.3, 0.4) is 0 Å². The average molecular weight is 312 g/mol. The van der Waals surface area contributed by atoms with Crippen LogP contribution in [0.4, 0.5) is 13.6 Å². The number of carbonyl (C=O) groups excluding carboxylic acids is 1. The van der Waals surface area contributed by atoms with E-state index >= 15 is 0 Å². The molecule has 2 atom stereocenters. The Morgan fingerprint density at radius 3 is 2.95 bits per heavy atom. The minimum Gasteiger partial charge on any atom is -0.396 e. The summed E-state index contributed by atoms with van der Waals surface area (Å²) < 4.78 is 26.6. The predicted molar refractivity (Wildman–Crippen MR) is 79.6 cm³/mol. The molecule has 2 rings (SSSR count). The molecule has 1 heterocycles. The number of halogens is 2. The van der Waals surface area contributed by atoms with Gasteiger partial charge in [0.05, 0.1) is 0 Å². The van der Waals surface area contributed by atoms with E-state index in [4.69, 9.17) is 0 Å². The van der Waals surface area contributed by atoms with E-state index in [2.05, 4.69) is 5.32 Å². The van der Waals surface area contributed by atoms with Gasteiger partial charge in [-0.3, -0.25) is 0 Å². The van der Waals surface area contributed by atoms with Gasteiger partial charge in [0.1, 0.15) is 11.6 Å². The van der Waals surface area contributed by atoms with Gasteiger partial charge in [0.25, 0.3) is 0 Å². The number of benzene rings is 1. The maximum Gasteiger partial charge on any atom is 0.317 e. The number of likely N-dealkylation sites (tertiary alicyclic amines) is 1. The molecule has 122 valence electrons. The van der Waals surface area contributed by atoms with Crippen molar-refractivity contribution in [3.63, 3.8) is 0 Å². The van der Waals surface area contributed by atoms with E-state index in [0.717, 1.165) is 18.9 Å². The number of urea groups is 1. The highest BCUT2D eigenvalue weighted by molar-refractivity contribution is 5.74. The van der Waals surface area contributed by atoms with Crippen LogP contribution >= 0.6 is 0 Å². The Hall–Kier alpha value is -1.69. The molecule has 1 saturated heterocycles. The first kappa shape index (κ1) is 16.7. The lowest BCUT2D eigenvalue weighted by molar-refractivity contribution is 0.129. The number of piperidine rings is 1. The fourth-order valence-electron chi connectivity index (χ4n) is 2.76. The van der Waals surface area contributed by atoms with E-state index < -0.39 is 11.6 Å². The highest BCUT2D eigenvalue weighted by Gasteiger charge is 2.23. The first-order chi connectivity index (χ1) is 10.5. The second kappa shape index (κ2) is 7.54. The number of hydrogen-bond acceptors (Lipinski definition) is 2. The fourth-order valence-corrected chi connectivity index (χ4v) is 2.76. The van der Waals surface area contributed by atoms with Crippen molar-refractivity contribution in [2.45, 2.75) is 25.7 Å². The Bertz CT molecular complexity index is 525. The van der Waals surface area contributed by atoms with Gasteiger partial charge in [-0.15, -0.1) is 0 Å². The summed E-state index contributed by atoms with van der Waals surface area (Å²) in [6, 6.07) is 3.27. The van der Waals surface area contributed by atoms with Gasteiger partial charge in [-0.05, 0) is 30.4 Å². The zero-order valence-electron chi connectivity index (χ0n) is 12.7. The zero-order chi connectivity index (χ0) is 16.1. The van der Waals surface area contributed by atoms with Gasteiger partial charge in [-0.25, -0.2) is 13.6 Å². The minimum atomic E-state index is -0.610. The summed E-state index contributed by atoms with van der Waals surface area (Å²) in [6.45, 7) is 3.36. The molecule has 2 N–H and O–H groups in total. The molecule has 0 unspecified atom stereocenters. The lowest BCUT2D eigenvalue weighted by atomic mass is 9.99. The first-order valence-corrected chi connectivity index (χ1v) is 7.59. The normalized spacial score (nSPS) is 19.8. The molecule has 1 aromatic rings. The minimum absolute atomic E-state index is 0.0843. The number of nitrogens with zero attached hydrogens (tertiary/aromatic N) is 1. The summed E-state index contributed by atoms with van der Waals surface area (Å²) in [6.07, 6.45) is 1.80. The second-order valence-electron chi connectivity index (χ2n) is 5.89. The van der Waals surface area contributed by atoms with Crippen molar-refractivity contribution in [2.24, 2.45) is 5.92 Å². The summed E-state index contributed by atoms with van der Waals surface area (Å²) >= 11 is 0. The Balaban J connectivity index is 1.87. The van der Waals surface area contributed by atoms with E-state index in [-0.39, 0.29) is 31.0 Å². The molecule has 2 amide bonds. The predicted octanol–water partition coefficient (Wildman–Crippen LogP) is 2.48. The van der Waals surface area contributed by atoms with Crippen LogP contribution in [0.25, 0.3) is 0 Å². The van der Waals surface area contributed by atoms with Gasteiger partial charge in [0, 0.05) is 38.2 Å². The first-order valence-electron chi connectivity index (χ1n) is 7.59. The third-order valence-electron chi connectivity index (χ3n) is 4.12. The molecule has 4 nitrogen and oxygen atoms in total. The topological polar surface area (TPSA) is 52.6 Å². The van der Waals surface area contributed by atoms with Crippen molar-refractivity contribution in [1.82, 2.24) is 10.2 Å². The van der Waals surface area contributed by atoms with E-state index in [0.29, 0.717) is 18.7 Å². The van der Waals surface area contributed by atoms with E-state index in [1.807, 2.05) is 0 Å². The van der Waals surface area contributed by atoms with Crippen molar-refractivity contribution < 1.29 is 18.7 Å². The van der Waals surface area contributed by atoms with Crippen LogP contribution in [-0.2, 0) is 0 Å². The molecule has 1 aliphatic rings. The molecule has 6 heteroatoms. The SMILES string of the molecule is C[C@@H](CNC(=O)N1CCC[C@H](CO)C1)c1ccc(F)cc1F. The standard InChI is InChI=1S/C16H22F2N2O2/c1-11(14-5-4-13(17)7-15(14)18)8-19-16(22)20-6-2-3-12(9-20)10-21/h4-5,7,11-12,21H,2-3,6,8-10H2,1H3,(H,19,22)/t11-,12-/m0/s1. The van der Waals surface area contributed by atoms with Crippen molar-refractivity contribution in [2.75, 3.05) is 26.2 Å². The van der Waals surface area contributed by atoms with Crippen LogP contribution in [0, 0.1) is 17.6 Å². The van der Waals surface area contributed by atoms with Crippen LogP contribution in [0.15, 0.2) is 18.2 Å². The van der Waals surface area contributed by atoms with Crippen molar-refractivity contribution in [3.8, 4) is 0 Å². The number of hydrogen-bond donors (Lipinski definition) is 2. The molecule has 1 aromatic carbocycles. The number of aliphatic hydroxyl groups is 1. The monoisotopic (exact) mass is 312 g/mol. The number of aliphatic hydroxyl groups excluding tert-OH is 1. The Morgan fingerprint density at radius 2 is 2.27 bits per heavy atom. The highest BCUT2D eigenvalue weighted by Crippen LogP contribution is 2.20. The molecule has 0 saturated carbocycles. The van der Waals surface area contributed by atoms with Crippen LogP contribution in [0.2, 0.25) is 0 Å². The van der Waals surface area contributed by atoms with Crippen LogP contribution < -0.4 is 5.32 Å². The largest absolute Gasteiger partial charge is 0.396 e. The van der Waals surface area contributed by atoms with Crippen molar-refractivity contribution in [3.05, 3.63) is 35.4 Å². The summed E-state index contributed by atoms with van der Waals surface area (Å²) in [7, 11) is 0. The Kier molecular flexibility index (Phi) is 5.71. The van der Waals surface area contributed by atoms with Gasteiger partial charge < -0.3 is 15.3 Å². The molecular weight excluding hydrogens is 290 g/mol. The van der Waals surface area contributed by atoms with Gasteiger partial charge in [0.15, 0.2) is 0 Å². The van der Waals surface area contributed by atoms with Crippen molar-refractivity contribution in [1.29, 1.82) is 0 Å². The molecule has 0 spiro atoms. The Morgan fingerprint density at radius 1 is 1.50 bits per heavy atom. The van der Waals surface area contributed by atoms with Crippen LogP contribution in [-0.4, -0.2) is 42.3 Å². The van der Waals surface area contributed by atoms with Crippen molar-refractivity contribution >= 4 is 6.03 Å². The lowest BCUT2D eigenvalue weighted by Gasteiger charge is -2.32. The summed E-state index contributed by atoms with van der Waals surface area (Å²) in [5.41, 5.74) is 0.383. The summed E-state index contributed by atoms with van der Waals surface area (Å²) in [4.78, 5) is 13.8. The maximum atomic E-state index is 13.7. The molecule has 1 aliphatic heterocycles. The highest BCUT2D eigenvalue weighted by atomic mass is 19.1. The van der Waals surface area contributed by atoms with E-state index in [1.54, 1.807) is 11.8 Å². The molecule has 22 heavy (non-hydrogen) atoms.